The number of hydrogen-bond donors (Lipinski definition) is 4. The number of rotatable bonds is 8. The third kappa shape index (κ3) is 5.63. The molecule has 4 N–H and O–H groups in total. The molecule has 3 aromatic rings. The Morgan fingerprint density at radius 3 is 2.33 bits per heavy atom. The van der Waals surface area contributed by atoms with Crippen molar-refractivity contribution in [2.24, 2.45) is 5.10 Å². The molecule has 0 fully saturated rings. The summed E-state index contributed by atoms with van der Waals surface area (Å²) in [5, 5.41) is 18.2. The van der Waals surface area contributed by atoms with Gasteiger partial charge in [-0.1, -0.05) is 17.7 Å². The van der Waals surface area contributed by atoms with E-state index in [1.165, 1.54) is 16.8 Å². The molecule has 1 aromatic carbocycles. The molecule has 0 aliphatic heterocycles. The van der Waals surface area contributed by atoms with Gasteiger partial charge in [0.15, 0.2) is 0 Å². The van der Waals surface area contributed by atoms with Crippen LogP contribution >= 0.6 is 11.3 Å². The van der Waals surface area contributed by atoms with Crippen LogP contribution in [0, 0.1) is 13.8 Å². The molecular formula is C22H23N5O5S. The molecule has 0 saturated heterocycles. The molecule has 2 aromatic heterocycles. The van der Waals surface area contributed by atoms with Gasteiger partial charge in [0.1, 0.15) is 0 Å². The quantitative estimate of drug-likeness (QED) is 0.295. The van der Waals surface area contributed by atoms with Crippen LogP contribution in [0.15, 0.2) is 46.3 Å². The Morgan fingerprint density at radius 1 is 1.06 bits per heavy atom. The van der Waals surface area contributed by atoms with Crippen LogP contribution in [-0.4, -0.2) is 44.9 Å². The van der Waals surface area contributed by atoms with Gasteiger partial charge in [0.25, 0.3) is 17.4 Å². The van der Waals surface area contributed by atoms with Crippen molar-refractivity contribution in [2.75, 3.05) is 6.54 Å². The standard InChI is InChI=1S/C22H23N5O5S/c1-12-4-6-15(7-5-12)27-22(32)19(14(3)26-27)13(2)24-25-21(31)17-9-8-16(33-17)20(30)23-11-10-18(28)29/h4-9,26H,10-11H2,1-3H3,(H,23,30)(H,25,31)(H,28,29). The Hall–Kier alpha value is -3.99. The van der Waals surface area contributed by atoms with Crippen molar-refractivity contribution in [3.63, 3.8) is 0 Å². The Balaban J connectivity index is 1.70. The van der Waals surface area contributed by atoms with Gasteiger partial charge in [0.05, 0.1) is 33.1 Å². The van der Waals surface area contributed by atoms with Crippen LogP contribution in [0.1, 0.15) is 49.5 Å². The summed E-state index contributed by atoms with van der Waals surface area (Å²) in [4.78, 5) is 48.4. The molecule has 0 aliphatic rings. The van der Waals surface area contributed by atoms with Crippen molar-refractivity contribution in [1.29, 1.82) is 0 Å². The van der Waals surface area contributed by atoms with Gasteiger partial charge in [0, 0.05) is 12.2 Å². The zero-order valence-electron chi connectivity index (χ0n) is 18.3. The van der Waals surface area contributed by atoms with Crippen molar-refractivity contribution >= 4 is 34.8 Å². The second kappa shape index (κ2) is 10.1. The summed E-state index contributed by atoms with van der Waals surface area (Å²) < 4.78 is 1.42. The van der Waals surface area contributed by atoms with E-state index in [-0.39, 0.29) is 28.3 Å². The number of aromatic amines is 1. The molecule has 0 saturated carbocycles. The first-order valence-electron chi connectivity index (χ1n) is 10.0. The molecule has 33 heavy (non-hydrogen) atoms. The molecular weight excluding hydrogens is 446 g/mol. The number of nitrogens with zero attached hydrogens (tertiary/aromatic N) is 2. The molecule has 10 nitrogen and oxygen atoms in total. The topological polar surface area (TPSA) is 146 Å². The van der Waals surface area contributed by atoms with Crippen molar-refractivity contribution in [3.05, 3.63) is 73.3 Å². The smallest absolute Gasteiger partial charge is 0.305 e. The number of carboxylic acid groups (broad SMARTS) is 1. The Labute approximate surface area is 192 Å². The average Bonchev–Trinajstić information content (AvgIpc) is 3.37. The number of aliphatic carboxylic acids is 1. The summed E-state index contributed by atoms with van der Waals surface area (Å²) in [6.07, 6.45) is -0.192. The maximum absolute atomic E-state index is 12.9. The lowest BCUT2D eigenvalue weighted by Gasteiger charge is -2.01. The SMILES string of the molecule is CC(=NNC(=O)c1ccc(C(=O)NCCC(=O)O)s1)c1c(C)[nH]n(-c2ccc(C)cc2)c1=O. The van der Waals surface area contributed by atoms with Gasteiger partial charge in [-0.25, -0.2) is 10.1 Å². The molecule has 2 amide bonds. The predicted molar refractivity (Wildman–Crippen MR) is 124 cm³/mol. The van der Waals surface area contributed by atoms with Crippen LogP contribution in [0.25, 0.3) is 5.69 Å². The van der Waals surface area contributed by atoms with E-state index in [2.05, 4.69) is 20.9 Å². The van der Waals surface area contributed by atoms with Crippen molar-refractivity contribution in [1.82, 2.24) is 20.5 Å². The third-order valence-corrected chi connectivity index (χ3v) is 5.81. The van der Waals surface area contributed by atoms with Gasteiger partial charge in [0.2, 0.25) is 0 Å². The van der Waals surface area contributed by atoms with E-state index in [1.807, 2.05) is 31.2 Å². The molecule has 0 bridgehead atoms. The number of H-pyrrole nitrogens is 1. The number of carbonyl (C=O) groups excluding carboxylic acids is 2. The highest BCUT2D eigenvalue weighted by molar-refractivity contribution is 7.15. The number of thiophene rings is 1. The number of benzene rings is 1. The molecule has 11 heteroatoms. The number of amides is 2. The van der Waals surface area contributed by atoms with Crippen molar-refractivity contribution in [2.45, 2.75) is 27.2 Å². The summed E-state index contributed by atoms with van der Waals surface area (Å²) in [5.74, 6) is -2.01. The zero-order chi connectivity index (χ0) is 24.1. The minimum atomic E-state index is -1.02. The number of carboxylic acids is 1. The van der Waals surface area contributed by atoms with Crippen LogP contribution < -0.4 is 16.3 Å². The molecule has 0 radical (unpaired) electrons. The molecule has 172 valence electrons. The van der Waals surface area contributed by atoms with E-state index in [1.54, 1.807) is 13.8 Å². The summed E-state index contributed by atoms with van der Waals surface area (Å²) >= 11 is 0.951. The maximum atomic E-state index is 12.9. The first-order chi connectivity index (χ1) is 15.7. The number of aryl methyl sites for hydroxylation is 2. The van der Waals surface area contributed by atoms with Gasteiger partial charge in [-0.05, 0) is 45.0 Å². The fraction of sp³-hybridized carbons (Fsp3) is 0.227. The summed E-state index contributed by atoms with van der Waals surface area (Å²) in [7, 11) is 0. The lowest BCUT2D eigenvalue weighted by molar-refractivity contribution is -0.136. The summed E-state index contributed by atoms with van der Waals surface area (Å²) in [6.45, 7) is 5.32. The van der Waals surface area contributed by atoms with Crippen molar-refractivity contribution < 1.29 is 19.5 Å². The highest BCUT2D eigenvalue weighted by Gasteiger charge is 2.17. The fourth-order valence-corrected chi connectivity index (χ4v) is 3.86. The third-order valence-electron chi connectivity index (χ3n) is 4.73. The number of aromatic nitrogens is 2. The van der Waals surface area contributed by atoms with Gasteiger partial charge in [-0.2, -0.15) is 5.10 Å². The van der Waals surface area contributed by atoms with Gasteiger partial charge < -0.3 is 10.4 Å². The monoisotopic (exact) mass is 469 g/mol. The molecule has 3 rings (SSSR count). The highest BCUT2D eigenvalue weighted by atomic mass is 32.1. The predicted octanol–water partition coefficient (Wildman–Crippen LogP) is 2.20. The second-order valence-electron chi connectivity index (χ2n) is 7.29. The number of nitrogens with one attached hydrogen (secondary N) is 3. The molecule has 0 aliphatic carbocycles. The lowest BCUT2D eigenvalue weighted by Crippen LogP contribution is -2.25. The van der Waals surface area contributed by atoms with Gasteiger partial charge in [-0.15, -0.1) is 11.3 Å². The van der Waals surface area contributed by atoms with E-state index < -0.39 is 17.8 Å². The zero-order valence-corrected chi connectivity index (χ0v) is 19.1. The maximum Gasteiger partial charge on any atom is 0.305 e. The first kappa shape index (κ1) is 23.7. The summed E-state index contributed by atoms with van der Waals surface area (Å²) in [5.41, 5.74) is 5.16. The van der Waals surface area contributed by atoms with Crippen LogP contribution in [0.4, 0.5) is 0 Å². The van der Waals surface area contributed by atoms with Gasteiger partial charge >= 0.3 is 5.97 Å². The first-order valence-corrected chi connectivity index (χ1v) is 10.8. The molecule has 2 heterocycles. The number of hydrazone groups is 1. The number of carbonyl (C=O) groups is 3. The van der Waals surface area contributed by atoms with Gasteiger partial charge in [-0.3, -0.25) is 24.3 Å². The van der Waals surface area contributed by atoms with E-state index in [9.17, 15) is 19.2 Å². The van der Waals surface area contributed by atoms with E-state index in [4.69, 9.17) is 5.11 Å². The highest BCUT2D eigenvalue weighted by Crippen LogP contribution is 2.16. The Bertz CT molecular complexity index is 1280. The Morgan fingerprint density at radius 2 is 1.70 bits per heavy atom. The van der Waals surface area contributed by atoms with E-state index in [0.29, 0.717) is 22.7 Å². The molecule has 0 unspecified atom stereocenters. The second-order valence-corrected chi connectivity index (χ2v) is 8.37. The molecule has 0 atom stereocenters. The Kier molecular flexibility index (Phi) is 7.23. The minimum absolute atomic E-state index is 0.00673. The lowest BCUT2D eigenvalue weighted by atomic mass is 10.2. The number of hydrogen-bond acceptors (Lipinski definition) is 6. The fourth-order valence-electron chi connectivity index (χ4n) is 3.05. The van der Waals surface area contributed by atoms with E-state index in [0.717, 1.165) is 16.9 Å². The van der Waals surface area contributed by atoms with Crippen LogP contribution in [0.3, 0.4) is 0 Å². The normalized spacial score (nSPS) is 11.3. The van der Waals surface area contributed by atoms with Crippen LogP contribution in [-0.2, 0) is 4.79 Å². The van der Waals surface area contributed by atoms with Crippen LogP contribution in [0.2, 0.25) is 0 Å². The minimum Gasteiger partial charge on any atom is -0.481 e. The largest absolute Gasteiger partial charge is 0.481 e. The molecule has 0 spiro atoms. The van der Waals surface area contributed by atoms with Crippen molar-refractivity contribution in [3.8, 4) is 5.69 Å². The average molecular weight is 470 g/mol. The summed E-state index contributed by atoms with van der Waals surface area (Å²) in [6, 6.07) is 10.4. The van der Waals surface area contributed by atoms with Crippen LogP contribution in [0.5, 0.6) is 0 Å². The van der Waals surface area contributed by atoms with E-state index >= 15 is 0 Å².